The minimum atomic E-state index is -4.74. The average molecular weight is 344 g/mol. The third-order valence-corrected chi connectivity index (χ3v) is 4.38. The topological polar surface area (TPSA) is 55.6 Å². The van der Waals surface area contributed by atoms with Crippen LogP contribution in [0.2, 0.25) is 0 Å². The molecule has 0 spiro atoms. The lowest BCUT2D eigenvalue weighted by Crippen LogP contribution is -2.49. The van der Waals surface area contributed by atoms with Gasteiger partial charge in [-0.25, -0.2) is 0 Å². The number of nitrogens with two attached hydrogens (primary N) is 1. The summed E-state index contributed by atoms with van der Waals surface area (Å²) in [6.45, 7) is 3.20. The normalized spacial score (nSPS) is 21.6. The zero-order valence-electron chi connectivity index (χ0n) is 13.7. The van der Waals surface area contributed by atoms with Crippen molar-refractivity contribution < 1.29 is 22.7 Å². The van der Waals surface area contributed by atoms with Gasteiger partial charge in [-0.1, -0.05) is 25.1 Å². The molecule has 1 aromatic rings. The molecule has 0 radical (unpaired) electrons. The molecule has 1 aromatic carbocycles. The molecule has 2 atom stereocenters. The Bertz CT molecular complexity index is 563. The zero-order chi connectivity index (χ0) is 17.7. The summed E-state index contributed by atoms with van der Waals surface area (Å²) in [6, 6.07) is 5.94. The van der Waals surface area contributed by atoms with E-state index in [1.54, 1.807) is 17.0 Å². The van der Waals surface area contributed by atoms with Crippen LogP contribution in [0.5, 0.6) is 5.75 Å². The number of halogens is 3. The lowest BCUT2D eigenvalue weighted by atomic mass is 9.92. The van der Waals surface area contributed by atoms with Gasteiger partial charge in [-0.05, 0) is 36.8 Å². The van der Waals surface area contributed by atoms with Crippen LogP contribution in [-0.2, 0) is 11.2 Å². The molecule has 2 unspecified atom stereocenters. The quantitative estimate of drug-likeness (QED) is 0.893. The molecule has 1 heterocycles. The minimum Gasteiger partial charge on any atom is -0.406 e. The van der Waals surface area contributed by atoms with Crippen LogP contribution < -0.4 is 10.5 Å². The predicted molar refractivity (Wildman–Crippen MR) is 84.4 cm³/mol. The van der Waals surface area contributed by atoms with E-state index in [0.717, 1.165) is 12.8 Å². The molecule has 4 nitrogen and oxygen atoms in total. The molecule has 1 aliphatic heterocycles. The number of nitrogens with zero attached hydrogens (tertiary/aromatic N) is 1. The van der Waals surface area contributed by atoms with Crippen molar-refractivity contribution in [2.24, 2.45) is 11.7 Å². The molecular formula is C17H23F3N2O2. The molecule has 0 saturated carbocycles. The number of amides is 1. The number of piperidine rings is 1. The van der Waals surface area contributed by atoms with Gasteiger partial charge < -0.3 is 15.4 Å². The summed E-state index contributed by atoms with van der Waals surface area (Å²) in [5.74, 6) is 0.211. The number of alkyl halides is 3. The van der Waals surface area contributed by atoms with Gasteiger partial charge in [0.25, 0.3) is 0 Å². The molecule has 24 heavy (non-hydrogen) atoms. The number of para-hydroxylation sites is 1. The number of hydrogen-bond donors (Lipinski definition) is 1. The first-order valence-corrected chi connectivity index (χ1v) is 8.13. The number of benzene rings is 1. The molecule has 134 valence electrons. The fourth-order valence-corrected chi connectivity index (χ4v) is 3.12. The summed E-state index contributed by atoms with van der Waals surface area (Å²) in [5, 5.41) is 0. The van der Waals surface area contributed by atoms with Gasteiger partial charge in [-0.3, -0.25) is 4.79 Å². The van der Waals surface area contributed by atoms with Crippen molar-refractivity contribution in [1.82, 2.24) is 4.90 Å². The van der Waals surface area contributed by atoms with Crippen molar-refractivity contribution in [3.8, 4) is 5.75 Å². The Labute approximate surface area is 139 Å². The second kappa shape index (κ2) is 7.88. The molecule has 0 aliphatic carbocycles. The van der Waals surface area contributed by atoms with Gasteiger partial charge in [-0.15, -0.1) is 13.2 Å². The Kier molecular flexibility index (Phi) is 6.10. The number of hydrogen-bond acceptors (Lipinski definition) is 3. The second-order valence-corrected chi connectivity index (χ2v) is 6.26. The molecule has 2 N–H and O–H groups in total. The maximum atomic E-state index is 12.5. The smallest absolute Gasteiger partial charge is 0.406 e. The molecule has 1 aliphatic rings. The SMILES string of the molecule is CC1CCN(C(=O)CCc2ccccc2OC(F)(F)F)C(CN)C1. The van der Waals surface area contributed by atoms with E-state index in [-0.39, 0.29) is 30.5 Å². The Hall–Kier alpha value is -1.76. The van der Waals surface area contributed by atoms with E-state index in [4.69, 9.17) is 5.73 Å². The van der Waals surface area contributed by atoms with Crippen LogP contribution in [0.25, 0.3) is 0 Å². The van der Waals surface area contributed by atoms with E-state index in [1.165, 1.54) is 12.1 Å². The Balaban J connectivity index is 1.99. The van der Waals surface area contributed by atoms with Crippen molar-refractivity contribution in [3.05, 3.63) is 29.8 Å². The van der Waals surface area contributed by atoms with Crippen molar-refractivity contribution in [3.63, 3.8) is 0 Å². The lowest BCUT2D eigenvalue weighted by molar-refractivity contribution is -0.274. The van der Waals surface area contributed by atoms with E-state index in [1.807, 2.05) is 0 Å². The summed E-state index contributed by atoms with van der Waals surface area (Å²) in [7, 11) is 0. The van der Waals surface area contributed by atoms with Crippen LogP contribution in [0.1, 0.15) is 31.7 Å². The highest BCUT2D eigenvalue weighted by molar-refractivity contribution is 5.77. The first-order valence-electron chi connectivity index (χ1n) is 8.13. The van der Waals surface area contributed by atoms with E-state index in [9.17, 15) is 18.0 Å². The number of carbonyl (C=O) groups excluding carboxylic acids is 1. The first-order chi connectivity index (χ1) is 11.3. The molecule has 1 saturated heterocycles. The summed E-state index contributed by atoms with van der Waals surface area (Å²) >= 11 is 0. The van der Waals surface area contributed by atoms with Crippen LogP contribution in [0.4, 0.5) is 13.2 Å². The lowest BCUT2D eigenvalue weighted by Gasteiger charge is -2.38. The number of carbonyl (C=O) groups is 1. The molecule has 0 bridgehead atoms. The molecule has 1 fully saturated rings. The van der Waals surface area contributed by atoms with Gasteiger partial charge in [0.15, 0.2) is 0 Å². The summed E-state index contributed by atoms with van der Waals surface area (Å²) < 4.78 is 41.3. The van der Waals surface area contributed by atoms with Crippen LogP contribution in [0.3, 0.4) is 0 Å². The van der Waals surface area contributed by atoms with Gasteiger partial charge in [-0.2, -0.15) is 0 Å². The monoisotopic (exact) mass is 344 g/mol. The van der Waals surface area contributed by atoms with Gasteiger partial charge in [0, 0.05) is 25.6 Å². The van der Waals surface area contributed by atoms with Crippen molar-refractivity contribution >= 4 is 5.91 Å². The standard InChI is InChI=1S/C17H23F3N2O2/c1-12-8-9-22(14(10-12)11-21)16(23)7-6-13-4-2-3-5-15(13)24-17(18,19)20/h2-5,12,14H,6-11,21H2,1H3. The molecule has 1 amide bonds. The third kappa shape index (κ3) is 5.12. The Morgan fingerprint density at radius 3 is 2.75 bits per heavy atom. The molecular weight excluding hydrogens is 321 g/mol. The summed E-state index contributed by atoms with van der Waals surface area (Å²) in [4.78, 5) is 14.2. The minimum absolute atomic E-state index is 0.0166. The number of likely N-dealkylation sites (tertiary alicyclic amines) is 1. The van der Waals surface area contributed by atoms with Gasteiger partial charge in [0.2, 0.25) is 5.91 Å². The van der Waals surface area contributed by atoms with Crippen LogP contribution in [0.15, 0.2) is 24.3 Å². The van der Waals surface area contributed by atoms with E-state index >= 15 is 0 Å². The number of ether oxygens (including phenoxy) is 1. The van der Waals surface area contributed by atoms with E-state index in [2.05, 4.69) is 11.7 Å². The Morgan fingerprint density at radius 1 is 1.38 bits per heavy atom. The number of aryl methyl sites for hydroxylation is 1. The summed E-state index contributed by atoms with van der Waals surface area (Å²) in [6.07, 6.45) is -2.60. The highest BCUT2D eigenvalue weighted by atomic mass is 19.4. The van der Waals surface area contributed by atoms with Gasteiger partial charge >= 0.3 is 6.36 Å². The Morgan fingerprint density at radius 2 is 2.08 bits per heavy atom. The van der Waals surface area contributed by atoms with E-state index in [0.29, 0.717) is 24.6 Å². The van der Waals surface area contributed by atoms with E-state index < -0.39 is 6.36 Å². The van der Waals surface area contributed by atoms with Crippen LogP contribution in [-0.4, -0.2) is 36.3 Å². The predicted octanol–water partition coefficient (Wildman–Crippen LogP) is 3.10. The van der Waals surface area contributed by atoms with Crippen molar-refractivity contribution in [2.75, 3.05) is 13.1 Å². The van der Waals surface area contributed by atoms with Crippen molar-refractivity contribution in [2.45, 2.75) is 45.0 Å². The second-order valence-electron chi connectivity index (χ2n) is 6.26. The number of rotatable bonds is 5. The summed E-state index contributed by atoms with van der Waals surface area (Å²) in [5.41, 5.74) is 6.13. The van der Waals surface area contributed by atoms with Crippen molar-refractivity contribution in [1.29, 1.82) is 0 Å². The highest BCUT2D eigenvalue weighted by Gasteiger charge is 2.32. The van der Waals surface area contributed by atoms with Gasteiger partial charge in [0.05, 0.1) is 0 Å². The largest absolute Gasteiger partial charge is 0.573 e. The average Bonchev–Trinajstić information content (AvgIpc) is 2.52. The molecule has 0 aromatic heterocycles. The molecule has 2 rings (SSSR count). The zero-order valence-corrected chi connectivity index (χ0v) is 13.7. The first kappa shape index (κ1) is 18.6. The fraction of sp³-hybridized carbons (Fsp3) is 0.588. The maximum absolute atomic E-state index is 12.5. The third-order valence-electron chi connectivity index (χ3n) is 4.38. The highest BCUT2D eigenvalue weighted by Crippen LogP contribution is 2.28. The molecule has 7 heteroatoms. The van der Waals surface area contributed by atoms with Gasteiger partial charge in [0.1, 0.15) is 5.75 Å². The van der Waals surface area contributed by atoms with Crippen LogP contribution in [0, 0.1) is 5.92 Å². The van der Waals surface area contributed by atoms with Crippen LogP contribution >= 0.6 is 0 Å². The fourth-order valence-electron chi connectivity index (χ4n) is 3.12. The maximum Gasteiger partial charge on any atom is 0.573 e.